The Balaban J connectivity index is 2.00. The molecule has 0 bridgehead atoms. The second-order valence-corrected chi connectivity index (χ2v) is 4.78. The summed E-state index contributed by atoms with van der Waals surface area (Å²) in [5.41, 5.74) is 1.26. The molecule has 1 fully saturated rings. The molecule has 0 radical (unpaired) electrons. The lowest BCUT2D eigenvalue weighted by atomic mass is 9.83. The second-order valence-electron chi connectivity index (χ2n) is 4.78. The van der Waals surface area contributed by atoms with Crippen molar-refractivity contribution in [2.24, 2.45) is 5.92 Å². The number of nitrogens with zero attached hydrogens (tertiary/aromatic N) is 1. The first kappa shape index (κ1) is 12.8. The van der Waals surface area contributed by atoms with Crippen molar-refractivity contribution in [3.63, 3.8) is 0 Å². The van der Waals surface area contributed by atoms with E-state index < -0.39 is 4.92 Å². The van der Waals surface area contributed by atoms with Gasteiger partial charge in [-0.1, -0.05) is 19.3 Å². The van der Waals surface area contributed by atoms with E-state index in [0.29, 0.717) is 11.3 Å². The lowest BCUT2D eigenvalue weighted by molar-refractivity contribution is -0.384. The lowest BCUT2D eigenvalue weighted by Gasteiger charge is -2.25. The summed E-state index contributed by atoms with van der Waals surface area (Å²) < 4.78 is 0. The maximum Gasteiger partial charge on any atom is 0.292 e. The number of nitro benzene ring substituents is 1. The number of nitro groups is 1. The summed E-state index contributed by atoms with van der Waals surface area (Å²) in [5.74, 6) is 0.776. The van der Waals surface area contributed by atoms with Gasteiger partial charge in [-0.3, -0.25) is 10.1 Å². The van der Waals surface area contributed by atoms with Crippen LogP contribution in [0.25, 0.3) is 0 Å². The zero-order valence-electron chi connectivity index (χ0n) is 10.3. The van der Waals surface area contributed by atoms with Gasteiger partial charge in [0.25, 0.3) is 5.69 Å². The Morgan fingerprint density at radius 2 is 2.22 bits per heavy atom. The highest BCUT2D eigenvalue weighted by Gasteiger charge is 2.18. The Kier molecular flexibility index (Phi) is 4.15. The van der Waals surface area contributed by atoms with Crippen LogP contribution >= 0.6 is 0 Å². The van der Waals surface area contributed by atoms with Gasteiger partial charge in [0, 0.05) is 12.6 Å². The number of nitrogens with one attached hydrogen (secondary N) is 1. The van der Waals surface area contributed by atoms with Crippen molar-refractivity contribution in [3.8, 4) is 0 Å². The van der Waals surface area contributed by atoms with Gasteiger partial charge in [0.1, 0.15) is 5.69 Å². The van der Waals surface area contributed by atoms with E-state index in [4.69, 9.17) is 5.11 Å². The molecule has 0 aliphatic heterocycles. The van der Waals surface area contributed by atoms with Gasteiger partial charge in [0.15, 0.2) is 0 Å². The molecule has 1 aromatic carbocycles. The normalized spacial score (nSPS) is 15.2. The molecule has 0 unspecified atom stereocenters. The predicted molar refractivity (Wildman–Crippen MR) is 69.5 cm³/mol. The van der Waals surface area contributed by atoms with Crippen molar-refractivity contribution in [3.05, 3.63) is 33.9 Å². The van der Waals surface area contributed by atoms with Gasteiger partial charge in [-0.05, 0) is 30.0 Å². The van der Waals surface area contributed by atoms with Crippen LogP contribution in [0.3, 0.4) is 0 Å². The summed E-state index contributed by atoms with van der Waals surface area (Å²) in [6, 6.07) is 4.67. The first-order valence-electron chi connectivity index (χ1n) is 6.32. The quantitative estimate of drug-likeness (QED) is 0.601. The molecule has 1 aliphatic rings. The van der Waals surface area contributed by atoms with Gasteiger partial charge >= 0.3 is 0 Å². The van der Waals surface area contributed by atoms with Gasteiger partial charge in [0.05, 0.1) is 11.5 Å². The third kappa shape index (κ3) is 2.98. The standard InChI is InChI=1S/C13H18N2O3/c16-9-11-4-5-13(15(17)18)12(8-11)14-7-6-10-2-1-3-10/h4-5,8,10,14,16H,1-3,6-7,9H2. The lowest BCUT2D eigenvalue weighted by Crippen LogP contribution is -2.16. The topological polar surface area (TPSA) is 75.4 Å². The average Bonchev–Trinajstić information content (AvgIpc) is 2.31. The van der Waals surface area contributed by atoms with Crippen LogP contribution in [0.5, 0.6) is 0 Å². The van der Waals surface area contributed by atoms with E-state index in [9.17, 15) is 10.1 Å². The monoisotopic (exact) mass is 250 g/mol. The summed E-state index contributed by atoms with van der Waals surface area (Å²) in [4.78, 5) is 10.5. The van der Waals surface area contributed by atoms with Gasteiger partial charge in [-0.2, -0.15) is 0 Å². The van der Waals surface area contributed by atoms with Gasteiger partial charge in [-0.15, -0.1) is 0 Å². The summed E-state index contributed by atoms with van der Waals surface area (Å²) in [5, 5.41) is 23.1. The number of aliphatic hydroxyl groups is 1. The molecule has 1 aliphatic carbocycles. The zero-order chi connectivity index (χ0) is 13.0. The average molecular weight is 250 g/mol. The number of aliphatic hydroxyl groups excluding tert-OH is 1. The van der Waals surface area contributed by atoms with E-state index in [1.165, 1.54) is 25.3 Å². The van der Waals surface area contributed by atoms with Crippen LogP contribution < -0.4 is 5.32 Å². The van der Waals surface area contributed by atoms with E-state index in [2.05, 4.69) is 5.32 Å². The highest BCUT2D eigenvalue weighted by molar-refractivity contribution is 5.62. The fourth-order valence-electron chi connectivity index (χ4n) is 2.17. The van der Waals surface area contributed by atoms with E-state index in [1.54, 1.807) is 12.1 Å². The largest absolute Gasteiger partial charge is 0.392 e. The third-order valence-corrected chi connectivity index (χ3v) is 3.53. The van der Waals surface area contributed by atoms with Crippen LogP contribution in [0.15, 0.2) is 18.2 Å². The molecule has 2 N–H and O–H groups in total. The SMILES string of the molecule is O=[N+]([O-])c1ccc(CO)cc1NCCC1CCC1. The Morgan fingerprint density at radius 1 is 1.44 bits per heavy atom. The minimum atomic E-state index is -0.396. The molecule has 0 aromatic heterocycles. The Bertz CT molecular complexity index is 430. The maximum atomic E-state index is 10.9. The smallest absolute Gasteiger partial charge is 0.292 e. The predicted octanol–water partition coefficient (Wildman–Crippen LogP) is 2.69. The second kappa shape index (κ2) is 5.82. The maximum absolute atomic E-state index is 10.9. The highest BCUT2D eigenvalue weighted by atomic mass is 16.6. The van der Waals surface area contributed by atoms with E-state index in [-0.39, 0.29) is 12.3 Å². The molecule has 0 heterocycles. The van der Waals surface area contributed by atoms with Crippen LogP contribution in [-0.2, 0) is 6.61 Å². The molecule has 98 valence electrons. The van der Waals surface area contributed by atoms with Crippen molar-refractivity contribution in [1.82, 2.24) is 0 Å². The van der Waals surface area contributed by atoms with Crippen LogP contribution in [0, 0.1) is 16.0 Å². The van der Waals surface area contributed by atoms with E-state index >= 15 is 0 Å². The van der Waals surface area contributed by atoms with Gasteiger partial charge in [0.2, 0.25) is 0 Å². The minimum Gasteiger partial charge on any atom is -0.392 e. The number of anilines is 1. The summed E-state index contributed by atoms with van der Waals surface area (Å²) >= 11 is 0. The van der Waals surface area contributed by atoms with Crippen LogP contribution in [0.2, 0.25) is 0 Å². The molecular formula is C13H18N2O3. The Labute approximate surface area is 106 Å². The molecule has 0 atom stereocenters. The Hall–Kier alpha value is -1.62. The van der Waals surface area contributed by atoms with Crippen LogP contribution in [0.4, 0.5) is 11.4 Å². The first-order valence-corrected chi connectivity index (χ1v) is 6.32. The first-order chi connectivity index (χ1) is 8.70. The highest BCUT2D eigenvalue weighted by Crippen LogP contribution is 2.30. The number of hydrogen-bond donors (Lipinski definition) is 2. The molecule has 0 spiro atoms. The molecular weight excluding hydrogens is 232 g/mol. The van der Waals surface area contributed by atoms with E-state index in [1.807, 2.05) is 0 Å². The molecule has 2 rings (SSSR count). The van der Waals surface area contributed by atoms with Crippen LogP contribution in [0.1, 0.15) is 31.2 Å². The molecule has 5 heteroatoms. The van der Waals surface area contributed by atoms with Crippen molar-refractivity contribution in [2.75, 3.05) is 11.9 Å². The number of benzene rings is 1. The van der Waals surface area contributed by atoms with Gasteiger partial charge in [-0.25, -0.2) is 0 Å². The minimum absolute atomic E-state index is 0.0702. The van der Waals surface area contributed by atoms with Crippen molar-refractivity contribution in [1.29, 1.82) is 0 Å². The fourth-order valence-corrected chi connectivity index (χ4v) is 2.17. The molecule has 0 saturated heterocycles. The van der Waals surface area contributed by atoms with Crippen LogP contribution in [-0.4, -0.2) is 16.6 Å². The number of rotatable bonds is 6. The van der Waals surface area contributed by atoms with Crippen molar-refractivity contribution >= 4 is 11.4 Å². The van der Waals surface area contributed by atoms with Gasteiger partial charge < -0.3 is 10.4 Å². The number of hydrogen-bond acceptors (Lipinski definition) is 4. The zero-order valence-corrected chi connectivity index (χ0v) is 10.3. The summed E-state index contributed by atoms with van der Waals surface area (Å²) in [7, 11) is 0. The summed E-state index contributed by atoms with van der Waals surface area (Å²) in [6.07, 6.45) is 4.92. The van der Waals surface area contributed by atoms with E-state index in [0.717, 1.165) is 18.9 Å². The van der Waals surface area contributed by atoms with Crippen molar-refractivity contribution in [2.45, 2.75) is 32.3 Å². The van der Waals surface area contributed by atoms with Crippen molar-refractivity contribution < 1.29 is 10.0 Å². The molecule has 18 heavy (non-hydrogen) atoms. The Morgan fingerprint density at radius 3 is 2.78 bits per heavy atom. The fraction of sp³-hybridized carbons (Fsp3) is 0.538. The molecule has 5 nitrogen and oxygen atoms in total. The third-order valence-electron chi connectivity index (χ3n) is 3.53. The molecule has 1 saturated carbocycles. The summed E-state index contributed by atoms with van der Waals surface area (Å²) in [6.45, 7) is 0.648. The molecule has 0 amide bonds. The molecule has 1 aromatic rings.